The second-order valence-corrected chi connectivity index (χ2v) is 6.72. The third-order valence-corrected chi connectivity index (χ3v) is 4.57. The zero-order valence-electron chi connectivity index (χ0n) is 15.0. The molecule has 3 nitrogen and oxygen atoms in total. The molecule has 1 fully saturated rings. The van der Waals surface area contributed by atoms with Crippen molar-refractivity contribution in [3.63, 3.8) is 0 Å². The molecule has 0 spiro atoms. The largest absolute Gasteiger partial charge is 0.274 e. The van der Waals surface area contributed by atoms with E-state index in [1.54, 1.807) is 6.20 Å². The van der Waals surface area contributed by atoms with Crippen molar-refractivity contribution in [1.29, 1.82) is 0 Å². The molecule has 1 rings (SSSR count). The first kappa shape index (κ1) is 19.9. The summed E-state index contributed by atoms with van der Waals surface area (Å²) >= 11 is 0. The summed E-state index contributed by atoms with van der Waals surface area (Å²) in [6, 6.07) is 0. The van der Waals surface area contributed by atoms with Gasteiger partial charge >= 0.3 is 0 Å². The number of hydrogen-bond acceptors (Lipinski definition) is 2. The molecule has 0 atom stereocenters. The highest BCUT2D eigenvalue weighted by Gasteiger charge is 2.26. The quantitative estimate of drug-likeness (QED) is 0.302. The molecule has 0 aliphatic carbocycles. The second kappa shape index (κ2) is 13.3. The molecule has 0 saturated carbocycles. The van der Waals surface area contributed by atoms with Gasteiger partial charge in [-0.3, -0.25) is 14.5 Å². The van der Waals surface area contributed by atoms with E-state index in [9.17, 15) is 9.59 Å². The molecule has 2 amide bonds. The Balaban J connectivity index is 1.83. The Morgan fingerprint density at radius 2 is 1.17 bits per heavy atom. The summed E-state index contributed by atoms with van der Waals surface area (Å²) in [6.07, 6.45) is 21.6. The molecular formula is C20H35NO2. The van der Waals surface area contributed by atoms with Gasteiger partial charge in [-0.15, -0.1) is 0 Å². The Hall–Kier alpha value is -1.12. The van der Waals surface area contributed by atoms with Crippen LogP contribution in [0.1, 0.15) is 103 Å². The molecule has 23 heavy (non-hydrogen) atoms. The van der Waals surface area contributed by atoms with Gasteiger partial charge in [0, 0.05) is 19.0 Å². The van der Waals surface area contributed by atoms with Crippen LogP contribution < -0.4 is 0 Å². The summed E-state index contributed by atoms with van der Waals surface area (Å²) in [5, 5.41) is 0. The zero-order valence-corrected chi connectivity index (χ0v) is 15.0. The van der Waals surface area contributed by atoms with E-state index in [0.29, 0.717) is 12.8 Å². The number of hydrogen-bond donors (Lipinski definition) is 0. The van der Waals surface area contributed by atoms with Crippen LogP contribution in [-0.4, -0.2) is 16.7 Å². The lowest BCUT2D eigenvalue weighted by atomic mass is 10.0. The van der Waals surface area contributed by atoms with Gasteiger partial charge < -0.3 is 0 Å². The van der Waals surface area contributed by atoms with Crippen molar-refractivity contribution in [2.45, 2.75) is 103 Å². The maximum atomic E-state index is 11.4. The van der Waals surface area contributed by atoms with Crippen LogP contribution in [0, 0.1) is 0 Å². The van der Waals surface area contributed by atoms with Gasteiger partial charge in [-0.1, -0.05) is 83.6 Å². The molecule has 1 heterocycles. The standard InChI is InChI=1S/C20H35NO2/c1-2-3-4-5-6-7-8-9-10-11-12-13-14-15-18-21-19(22)16-17-20(21)23/h15,18H,2-14,16-17H2,1H3/b18-15+. The SMILES string of the molecule is CCCCCCCCCCCCCC/C=C/N1C(=O)CCC1=O. The van der Waals surface area contributed by atoms with Crippen LogP contribution >= 0.6 is 0 Å². The van der Waals surface area contributed by atoms with Crippen LogP contribution in [0.3, 0.4) is 0 Å². The highest BCUT2D eigenvalue weighted by Crippen LogP contribution is 2.14. The number of likely N-dealkylation sites (tertiary alicyclic amines) is 1. The predicted octanol–water partition coefficient (Wildman–Crippen LogP) is 5.74. The molecule has 1 saturated heterocycles. The average molecular weight is 322 g/mol. The van der Waals surface area contributed by atoms with Crippen molar-refractivity contribution >= 4 is 11.8 Å². The fourth-order valence-electron chi connectivity index (χ4n) is 3.04. The van der Waals surface area contributed by atoms with Crippen LogP contribution in [0.5, 0.6) is 0 Å². The number of carbonyl (C=O) groups excluding carboxylic acids is 2. The number of imide groups is 1. The maximum Gasteiger partial charge on any atom is 0.233 e. The van der Waals surface area contributed by atoms with Crippen molar-refractivity contribution in [2.75, 3.05) is 0 Å². The Morgan fingerprint density at radius 3 is 1.65 bits per heavy atom. The number of nitrogens with zero attached hydrogens (tertiary/aromatic N) is 1. The minimum atomic E-state index is -0.0547. The van der Waals surface area contributed by atoms with Gasteiger partial charge in [-0.05, 0) is 12.8 Å². The Bertz CT molecular complexity index is 347. The maximum absolute atomic E-state index is 11.4. The molecule has 0 aromatic heterocycles. The third kappa shape index (κ3) is 9.58. The van der Waals surface area contributed by atoms with Gasteiger partial charge in [0.2, 0.25) is 11.8 Å². The summed E-state index contributed by atoms with van der Waals surface area (Å²) in [5.74, 6) is -0.109. The van der Waals surface area contributed by atoms with Gasteiger partial charge in [0.1, 0.15) is 0 Å². The number of amides is 2. The van der Waals surface area contributed by atoms with Crippen molar-refractivity contribution in [3.05, 3.63) is 12.3 Å². The fraction of sp³-hybridized carbons (Fsp3) is 0.800. The highest BCUT2D eigenvalue weighted by atomic mass is 16.2. The van der Waals surface area contributed by atoms with Crippen molar-refractivity contribution in [1.82, 2.24) is 4.90 Å². The van der Waals surface area contributed by atoms with E-state index in [-0.39, 0.29) is 11.8 Å². The smallest absolute Gasteiger partial charge is 0.233 e. The van der Waals surface area contributed by atoms with E-state index >= 15 is 0 Å². The first-order chi connectivity index (χ1) is 11.3. The van der Waals surface area contributed by atoms with Gasteiger partial charge in [0.25, 0.3) is 0 Å². The molecule has 3 heteroatoms. The van der Waals surface area contributed by atoms with E-state index < -0.39 is 0 Å². The molecule has 0 unspecified atom stereocenters. The summed E-state index contributed by atoms with van der Waals surface area (Å²) in [7, 11) is 0. The van der Waals surface area contributed by atoms with E-state index in [2.05, 4.69) is 6.92 Å². The summed E-state index contributed by atoms with van der Waals surface area (Å²) in [4.78, 5) is 24.1. The Kier molecular flexibility index (Phi) is 11.5. The van der Waals surface area contributed by atoms with Crippen molar-refractivity contribution < 1.29 is 9.59 Å². The van der Waals surface area contributed by atoms with Crippen LogP contribution in [-0.2, 0) is 9.59 Å². The van der Waals surface area contributed by atoms with E-state index in [1.165, 1.54) is 75.5 Å². The van der Waals surface area contributed by atoms with Gasteiger partial charge in [-0.2, -0.15) is 0 Å². The fourth-order valence-corrected chi connectivity index (χ4v) is 3.04. The third-order valence-electron chi connectivity index (χ3n) is 4.57. The number of rotatable bonds is 14. The average Bonchev–Trinajstić information content (AvgIpc) is 2.86. The van der Waals surface area contributed by atoms with Crippen molar-refractivity contribution in [2.24, 2.45) is 0 Å². The topological polar surface area (TPSA) is 37.4 Å². The van der Waals surface area contributed by atoms with Gasteiger partial charge in [0.05, 0.1) is 0 Å². The first-order valence-electron chi connectivity index (χ1n) is 9.77. The van der Waals surface area contributed by atoms with E-state index in [4.69, 9.17) is 0 Å². The normalized spacial score (nSPS) is 15.3. The summed E-state index contributed by atoms with van der Waals surface area (Å²) < 4.78 is 0. The molecule has 0 bridgehead atoms. The predicted molar refractivity (Wildman–Crippen MR) is 95.9 cm³/mol. The molecular weight excluding hydrogens is 286 g/mol. The minimum absolute atomic E-state index is 0.0547. The summed E-state index contributed by atoms with van der Waals surface area (Å²) in [5.41, 5.74) is 0. The van der Waals surface area contributed by atoms with Crippen LogP contribution in [0.2, 0.25) is 0 Å². The monoisotopic (exact) mass is 321 g/mol. The van der Waals surface area contributed by atoms with Crippen LogP contribution in [0.25, 0.3) is 0 Å². The van der Waals surface area contributed by atoms with Gasteiger partial charge in [0.15, 0.2) is 0 Å². The lowest BCUT2D eigenvalue weighted by molar-refractivity contribution is -0.135. The Morgan fingerprint density at radius 1 is 0.739 bits per heavy atom. The van der Waals surface area contributed by atoms with Gasteiger partial charge in [-0.25, -0.2) is 0 Å². The molecule has 1 aliphatic rings. The lowest BCUT2D eigenvalue weighted by Gasteiger charge is -2.06. The molecule has 132 valence electrons. The van der Waals surface area contributed by atoms with Crippen LogP contribution in [0.4, 0.5) is 0 Å². The number of unbranched alkanes of at least 4 members (excludes halogenated alkanes) is 12. The van der Waals surface area contributed by atoms with Crippen molar-refractivity contribution in [3.8, 4) is 0 Å². The summed E-state index contributed by atoms with van der Waals surface area (Å²) in [6.45, 7) is 2.27. The van der Waals surface area contributed by atoms with E-state index in [0.717, 1.165) is 12.8 Å². The minimum Gasteiger partial charge on any atom is -0.274 e. The van der Waals surface area contributed by atoms with E-state index in [1.807, 2.05) is 6.08 Å². The van der Waals surface area contributed by atoms with Crippen LogP contribution in [0.15, 0.2) is 12.3 Å². The number of carbonyl (C=O) groups is 2. The molecule has 1 aliphatic heterocycles. The lowest BCUT2D eigenvalue weighted by Crippen LogP contribution is -2.22. The number of allylic oxidation sites excluding steroid dienone is 1. The highest BCUT2D eigenvalue weighted by molar-refractivity contribution is 6.02. The molecule has 0 aromatic rings. The molecule has 0 N–H and O–H groups in total. The molecule has 0 aromatic carbocycles. The second-order valence-electron chi connectivity index (χ2n) is 6.72. The molecule has 0 radical (unpaired) electrons. The Labute approximate surface area is 142 Å². The zero-order chi connectivity index (χ0) is 16.8. The first-order valence-corrected chi connectivity index (χ1v) is 9.77.